The average Bonchev–Trinajstić information content (AvgIpc) is 3.93. The van der Waals surface area contributed by atoms with Crippen molar-refractivity contribution in [3.8, 4) is 0 Å². The number of nitrogens with two attached hydrogens (primary N) is 1. The molecule has 5 fully saturated rings. The van der Waals surface area contributed by atoms with E-state index >= 15 is 0 Å². The van der Waals surface area contributed by atoms with Crippen LogP contribution in [0.15, 0.2) is 42.7 Å². The summed E-state index contributed by atoms with van der Waals surface area (Å²) in [6, 6.07) is 8.53. The van der Waals surface area contributed by atoms with E-state index in [4.69, 9.17) is 15.7 Å². The Labute approximate surface area is 347 Å². The van der Waals surface area contributed by atoms with E-state index in [1.807, 2.05) is 30.3 Å². The summed E-state index contributed by atoms with van der Waals surface area (Å²) in [7, 11) is 1.83. The molecule has 0 radical (unpaired) electrons. The van der Waals surface area contributed by atoms with Crippen molar-refractivity contribution in [1.29, 1.82) is 0 Å². The number of piperidine rings is 2. The maximum atomic E-state index is 13.4. The largest absolute Gasteiger partial charge is 0.371 e. The quantitative estimate of drug-likeness (QED) is 0.274. The molecule has 0 aliphatic carbocycles. The van der Waals surface area contributed by atoms with E-state index in [2.05, 4.69) is 36.0 Å². The molecule has 6 aliphatic rings. The summed E-state index contributed by atoms with van der Waals surface area (Å²) < 4.78 is 0. The fourth-order valence-electron chi connectivity index (χ4n) is 9.63. The average molecular weight is 819 g/mol. The third kappa shape index (κ3) is 7.59. The Kier molecular flexibility index (Phi) is 10.6. The number of nitrogens with zero attached hydrogens (tertiary/aromatic N) is 10. The first-order valence-corrected chi connectivity index (χ1v) is 21.0. The van der Waals surface area contributed by atoms with Crippen LogP contribution in [-0.2, 0) is 16.0 Å². The highest BCUT2D eigenvalue weighted by Gasteiger charge is 2.45. The van der Waals surface area contributed by atoms with Crippen LogP contribution in [0.3, 0.4) is 0 Å². The molecule has 3 N–H and O–H groups in total. The second-order valence-electron chi connectivity index (χ2n) is 16.8. The highest BCUT2D eigenvalue weighted by Crippen LogP contribution is 2.33. The van der Waals surface area contributed by atoms with Gasteiger partial charge in [0.05, 0.1) is 40.9 Å². The Hall–Kier alpha value is -6.17. The van der Waals surface area contributed by atoms with E-state index in [0.717, 1.165) is 107 Å². The van der Waals surface area contributed by atoms with Crippen molar-refractivity contribution in [3.63, 3.8) is 0 Å². The smallest absolute Gasteiger partial charge is 0.320 e. The van der Waals surface area contributed by atoms with Crippen LogP contribution in [0.5, 0.6) is 0 Å². The number of hydrogen-bond donors (Lipinski definition) is 2. The predicted molar refractivity (Wildman–Crippen MR) is 220 cm³/mol. The van der Waals surface area contributed by atoms with Gasteiger partial charge in [0.2, 0.25) is 11.8 Å². The van der Waals surface area contributed by atoms with Gasteiger partial charge in [-0.15, -0.1) is 0 Å². The minimum absolute atomic E-state index is 0.0602. The summed E-state index contributed by atoms with van der Waals surface area (Å²) in [5.41, 5.74) is 9.60. The summed E-state index contributed by atoms with van der Waals surface area (Å²) in [6.45, 7) is 9.06. The van der Waals surface area contributed by atoms with Crippen LogP contribution in [0.2, 0.25) is 0 Å². The zero-order chi connectivity index (χ0) is 41.7. The molecule has 6 aliphatic heterocycles. The Morgan fingerprint density at radius 2 is 1.60 bits per heavy atom. The highest BCUT2D eigenvalue weighted by molar-refractivity contribution is 6.23. The molecule has 3 aromatic rings. The Bertz CT molecular complexity index is 2230. The van der Waals surface area contributed by atoms with Crippen molar-refractivity contribution < 1.29 is 28.8 Å². The predicted octanol–water partition coefficient (Wildman–Crippen LogP) is 0.947. The molecule has 1 unspecified atom stereocenters. The molecule has 9 rings (SSSR count). The maximum absolute atomic E-state index is 13.4. The molecule has 18 heteroatoms. The number of carbonyl (C=O) groups is 6. The van der Waals surface area contributed by atoms with Crippen LogP contribution in [0.1, 0.15) is 74.7 Å². The van der Waals surface area contributed by atoms with Crippen LogP contribution in [0.4, 0.5) is 22.0 Å². The van der Waals surface area contributed by atoms with Gasteiger partial charge in [0, 0.05) is 103 Å². The number of fused-ring (bicyclic) bond motifs is 1. The van der Waals surface area contributed by atoms with Crippen molar-refractivity contribution in [2.24, 2.45) is 11.7 Å². The maximum Gasteiger partial charge on any atom is 0.320 e. The van der Waals surface area contributed by atoms with E-state index in [9.17, 15) is 28.8 Å². The summed E-state index contributed by atoms with van der Waals surface area (Å²) in [5.74, 6) is -1.52. The van der Waals surface area contributed by atoms with Crippen LogP contribution in [0, 0.1) is 5.92 Å². The number of urea groups is 1. The number of primary amides is 1. The van der Waals surface area contributed by atoms with E-state index in [-0.39, 0.29) is 36.2 Å². The summed E-state index contributed by atoms with van der Waals surface area (Å²) in [6.07, 6.45) is 6.87. The minimum Gasteiger partial charge on any atom is -0.371 e. The number of imide groups is 2. The second kappa shape index (κ2) is 16.1. The Morgan fingerprint density at radius 3 is 2.33 bits per heavy atom. The fraction of sp³-hybridized carbons (Fsp3) is 0.500. The van der Waals surface area contributed by atoms with Gasteiger partial charge in [-0.05, 0) is 61.9 Å². The number of aromatic nitrogens is 3. The van der Waals surface area contributed by atoms with Gasteiger partial charge in [-0.25, -0.2) is 14.8 Å². The van der Waals surface area contributed by atoms with Gasteiger partial charge in [0.15, 0.2) is 0 Å². The zero-order valence-corrected chi connectivity index (χ0v) is 33.8. The molecule has 18 nitrogen and oxygen atoms in total. The van der Waals surface area contributed by atoms with Crippen LogP contribution in [0.25, 0.3) is 0 Å². The van der Waals surface area contributed by atoms with Gasteiger partial charge in [-0.1, -0.05) is 0 Å². The van der Waals surface area contributed by atoms with E-state index in [1.165, 1.54) is 0 Å². The number of anilines is 3. The van der Waals surface area contributed by atoms with E-state index in [0.29, 0.717) is 36.0 Å². The molecule has 60 heavy (non-hydrogen) atoms. The number of likely N-dealkylation sites (N-methyl/N-ethyl adjacent to an activating group) is 1. The first-order valence-electron chi connectivity index (χ1n) is 21.0. The Morgan fingerprint density at radius 1 is 0.800 bits per heavy atom. The molecular weight excluding hydrogens is 769 g/mol. The van der Waals surface area contributed by atoms with Crippen LogP contribution < -0.4 is 25.8 Å². The molecule has 314 valence electrons. The third-order valence-corrected chi connectivity index (χ3v) is 13.0. The molecule has 0 spiro atoms. The van der Waals surface area contributed by atoms with Crippen molar-refractivity contribution in [2.45, 2.75) is 50.6 Å². The lowest BCUT2D eigenvalue weighted by Crippen LogP contribution is -2.54. The molecule has 2 aromatic heterocycles. The first-order chi connectivity index (χ1) is 29.0. The number of pyridine rings is 1. The molecule has 1 aromatic carbocycles. The topological polar surface area (TPSA) is 202 Å². The van der Waals surface area contributed by atoms with Crippen molar-refractivity contribution in [2.75, 3.05) is 93.7 Å². The van der Waals surface area contributed by atoms with Gasteiger partial charge < -0.3 is 30.2 Å². The van der Waals surface area contributed by atoms with E-state index in [1.54, 1.807) is 23.2 Å². The lowest BCUT2D eigenvalue weighted by molar-refractivity contribution is -0.136. The molecule has 3 atom stereocenters. The molecule has 5 saturated heterocycles. The number of rotatable bonds is 10. The fourth-order valence-corrected chi connectivity index (χ4v) is 9.63. The lowest BCUT2D eigenvalue weighted by atomic mass is 10.0. The van der Waals surface area contributed by atoms with Crippen molar-refractivity contribution in [3.05, 3.63) is 70.9 Å². The monoisotopic (exact) mass is 818 g/mol. The molecule has 8 heterocycles. The zero-order valence-electron chi connectivity index (χ0n) is 33.8. The Balaban J connectivity index is 0.771. The van der Waals surface area contributed by atoms with Crippen LogP contribution >= 0.6 is 0 Å². The van der Waals surface area contributed by atoms with Gasteiger partial charge in [-0.3, -0.25) is 44.1 Å². The summed E-state index contributed by atoms with van der Waals surface area (Å²) in [5, 5.41) is 2.24. The van der Waals surface area contributed by atoms with E-state index < -0.39 is 35.6 Å². The van der Waals surface area contributed by atoms with Crippen molar-refractivity contribution >= 4 is 52.8 Å². The number of amides is 7. The van der Waals surface area contributed by atoms with Gasteiger partial charge in [0.25, 0.3) is 17.7 Å². The number of hydrogen-bond acceptors (Lipinski definition) is 13. The van der Waals surface area contributed by atoms with Crippen molar-refractivity contribution in [1.82, 2.24) is 39.9 Å². The summed E-state index contributed by atoms with van der Waals surface area (Å²) in [4.78, 5) is 104. The number of carbonyl (C=O) groups excluding carboxylic acids is 6. The number of piperazine rings is 1. The minimum atomic E-state index is -0.981. The normalized spacial score (nSPS) is 23.9. The summed E-state index contributed by atoms with van der Waals surface area (Å²) >= 11 is 0. The highest BCUT2D eigenvalue weighted by atomic mass is 16.2. The molecule has 0 saturated carbocycles. The molecular formula is C42H50N12O6. The molecule has 0 bridgehead atoms. The van der Waals surface area contributed by atoms with Gasteiger partial charge in [-0.2, -0.15) is 0 Å². The third-order valence-electron chi connectivity index (χ3n) is 13.0. The first kappa shape index (κ1) is 39.3. The standard InChI is InChI=1S/C42H50N12O6/c1-48-13-18-53(42(48)60)30-3-2-11-52(25-30)35-22-45-37(38(43)56)33(46-35)19-27-4-5-29(21-44-27)50-16-14-49(15-17-50)23-26-10-12-51(24-26)28-6-7-31-32(20-28)41(59)54(40(31)58)34-8-9-36(55)47-39(34)57/h4-7,20-22,26,30,34H,2-3,8-19,23-25H2,1H3,(H2,43,56)(H,47,55,57)/t26-,30-,34?/m1/s1. The molecule has 7 amide bonds. The van der Waals surface area contributed by atoms with Gasteiger partial charge in [0.1, 0.15) is 17.6 Å². The SMILES string of the molecule is CN1CCN([C@@H]2CCCN(c3cnc(C(N)=O)c(Cc4ccc(N5CCN(C[C@H]6CCN(c7ccc8c(c7)C(=O)N(C7CCC(=O)NC7=O)C8=O)C6)CC5)cn4)n3)C2)C1=O. The number of nitrogens with one attached hydrogen (secondary N) is 1. The number of benzene rings is 1. The lowest BCUT2D eigenvalue weighted by Gasteiger charge is -2.37. The second-order valence-corrected chi connectivity index (χ2v) is 16.8. The van der Waals surface area contributed by atoms with Crippen LogP contribution in [-0.4, -0.2) is 161 Å². The van der Waals surface area contributed by atoms with Gasteiger partial charge >= 0.3 is 6.03 Å².